The van der Waals surface area contributed by atoms with E-state index in [4.69, 9.17) is 5.11 Å². The predicted molar refractivity (Wildman–Crippen MR) is 85.8 cm³/mol. The van der Waals surface area contributed by atoms with Gasteiger partial charge in [0.15, 0.2) is 0 Å². The molecule has 27 heavy (non-hydrogen) atoms. The third kappa shape index (κ3) is 3.35. The Kier molecular flexibility index (Phi) is 5.48. The first kappa shape index (κ1) is 20.7. The zero-order valence-electron chi connectivity index (χ0n) is 14.5. The molecule has 0 radical (unpaired) electrons. The molecule has 0 aromatic rings. The second-order valence-electron chi connectivity index (χ2n) is 7.60. The van der Waals surface area contributed by atoms with Crippen LogP contribution in [-0.4, -0.2) is 55.4 Å². The van der Waals surface area contributed by atoms with Crippen molar-refractivity contribution < 1.29 is 49.5 Å². The van der Waals surface area contributed by atoms with Crippen molar-refractivity contribution in [2.75, 3.05) is 0 Å². The summed E-state index contributed by atoms with van der Waals surface area (Å²) in [5, 5.41) is 47.8. The number of aliphatic carboxylic acids is 5. The van der Waals surface area contributed by atoms with E-state index < -0.39 is 71.3 Å². The van der Waals surface area contributed by atoms with E-state index in [2.05, 4.69) is 0 Å². The molecular weight excluding hydrogens is 364 g/mol. The minimum atomic E-state index is -2.09. The van der Waals surface area contributed by atoms with Gasteiger partial charge >= 0.3 is 29.8 Å². The molecule has 0 aromatic heterocycles. The molecule has 2 atom stereocenters. The summed E-state index contributed by atoms with van der Waals surface area (Å²) >= 11 is 0. The maximum atomic E-state index is 12.3. The Morgan fingerprint density at radius 1 is 0.593 bits per heavy atom. The van der Waals surface area contributed by atoms with Crippen LogP contribution in [-0.2, 0) is 24.0 Å². The molecule has 0 aliphatic heterocycles. The molecule has 0 saturated heterocycles. The molecule has 2 rings (SSSR count). The van der Waals surface area contributed by atoms with Crippen LogP contribution in [0.25, 0.3) is 0 Å². The smallest absolute Gasteiger partial charge is 0.310 e. The maximum absolute atomic E-state index is 12.3. The van der Waals surface area contributed by atoms with Gasteiger partial charge in [-0.2, -0.15) is 0 Å². The first-order valence-electron chi connectivity index (χ1n) is 8.62. The van der Waals surface area contributed by atoms with E-state index in [1.165, 1.54) is 0 Å². The maximum Gasteiger partial charge on any atom is 0.310 e. The zero-order chi connectivity index (χ0) is 20.6. The van der Waals surface area contributed by atoms with Crippen LogP contribution in [0.3, 0.4) is 0 Å². The van der Waals surface area contributed by atoms with Crippen LogP contribution in [0.5, 0.6) is 0 Å². The van der Waals surface area contributed by atoms with Crippen molar-refractivity contribution in [2.24, 2.45) is 28.6 Å². The first-order chi connectivity index (χ1) is 12.5. The second kappa shape index (κ2) is 7.16. The van der Waals surface area contributed by atoms with Crippen LogP contribution in [0, 0.1) is 28.6 Å². The topological polar surface area (TPSA) is 186 Å². The predicted octanol–water partition coefficient (Wildman–Crippen LogP) is 0.989. The number of carbonyl (C=O) groups is 5. The summed E-state index contributed by atoms with van der Waals surface area (Å²) in [4.78, 5) is 58.7. The molecule has 0 amide bonds. The number of carboxylic acid groups (broad SMARTS) is 5. The lowest BCUT2D eigenvalue weighted by Crippen LogP contribution is -2.58. The van der Waals surface area contributed by atoms with E-state index in [0.717, 1.165) is 0 Å². The van der Waals surface area contributed by atoms with Gasteiger partial charge in [0.2, 0.25) is 0 Å². The Bertz CT molecular complexity index is 651. The molecule has 2 aliphatic rings. The second-order valence-corrected chi connectivity index (χ2v) is 7.60. The molecule has 10 nitrogen and oxygen atoms in total. The fraction of sp³-hybridized carbons (Fsp3) is 0.706. The summed E-state index contributed by atoms with van der Waals surface area (Å²) in [7, 11) is 0. The Morgan fingerprint density at radius 3 is 1.26 bits per heavy atom. The molecule has 150 valence electrons. The average Bonchev–Trinajstić information content (AvgIpc) is 2.60. The summed E-state index contributed by atoms with van der Waals surface area (Å²) in [6.07, 6.45) is -1.91. The fourth-order valence-electron chi connectivity index (χ4n) is 4.84. The van der Waals surface area contributed by atoms with Gasteiger partial charge < -0.3 is 25.5 Å². The van der Waals surface area contributed by atoms with Gasteiger partial charge in [0.05, 0.1) is 28.6 Å². The molecule has 2 aliphatic carbocycles. The Hall–Kier alpha value is -2.65. The highest BCUT2D eigenvalue weighted by atomic mass is 16.4. The first-order valence-corrected chi connectivity index (χ1v) is 8.62. The third-order valence-corrected chi connectivity index (χ3v) is 6.38. The molecular formula is C17H22O10. The summed E-state index contributed by atoms with van der Waals surface area (Å²) < 4.78 is 0. The zero-order valence-corrected chi connectivity index (χ0v) is 14.5. The van der Waals surface area contributed by atoms with Crippen molar-refractivity contribution in [3.8, 4) is 0 Å². The molecule has 0 aromatic carbocycles. The number of hydrogen-bond acceptors (Lipinski definition) is 5. The molecule has 0 heterocycles. The summed E-state index contributed by atoms with van der Waals surface area (Å²) in [5.74, 6) is -10.3. The van der Waals surface area contributed by atoms with Gasteiger partial charge in [0.25, 0.3) is 0 Å². The van der Waals surface area contributed by atoms with Crippen molar-refractivity contribution in [1.82, 2.24) is 0 Å². The molecule has 10 heteroatoms. The lowest BCUT2D eigenvalue weighted by Gasteiger charge is -2.51. The Morgan fingerprint density at radius 2 is 0.963 bits per heavy atom. The van der Waals surface area contributed by atoms with Gasteiger partial charge in [-0.3, -0.25) is 24.0 Å². The van der Waals surface area contributed by atoms with Gasteiger partial charge in [-0.25, -0.2) is 0 Å². The lowest BCUT2D eigenvalue weighted by atomic mass is 9.48. The standard InChI is InChI=1S/C17H22O10/c18-11(19)8-1-3-16(4-2-8,14(24)25)17(15(26)27)6-9(12(20)21)5-10(7-17)13(22)23/h8-10H,1-7H2,(H,18,19)(H,20,21)(H,22,23)(H,24,25)(H,26,27). The minimum absolute atomic E-state index is 0.0634. The van der Waals surface area contributed by atoms with E-state index in [1.54, 1.807) is 0 Å². The van der Waals surface area contributed by atoms with E-state index >= 15 is 0 Å². The number of hydrogen-bond donors (Lipinski definition) is 5. The van der Waals surface area contributed by atoms with Gasteiger partial charge in [-0.15, -0.1) is 0 Å². The quantitative estimate of drug-likeness (QED) is 0.440. The van der Waals surface area contributed by atoms with E-state index in [-0.39, 0.29) is 32.1 Å². The van der Waals surface area contributed by atoms with Gasteiger partial charge in [0.1, 0.15) is 0 Å². The Labute approximate surface area is 153 Å². The van der Waals surface area contributed by atoms with Crippen LogP contribution in [0.2, 0.25) is 0 Å². The van der Waals surface area contributed by atoms with E-state index in [0.29, 0.717) is 0 Å². The third-order valence-electron chi connectivity index (χ3n) is 6.38. The number of rotatable bonds is 6. The number of carboxylic acids is 5. The largest absolute Gasteiger partial charge is 0.481 e. The molecule has 2 unspecified atom stereocenters. The van der Waals surface area contributed by atoms with Crippen molar-refractivity contribution in [2.45, 2.75) is 44.9 Å². The summed E-state index contributed by atoms with van der Waals surface area (Å²) in [5.41, 5.74) is -4.00. The van der Waals surface area contributed by atoms with Crippen molar-refractivity contribution in [1.29, 1.82) is 0 Å². The van der Waals surface area contributed by atoms with Crippen molar-refractivity contribution >= 4 is 29.8 Å². The fourth-order valence-corrected chi connectivity index (χ4v) is 4.84. The summed E-state index contributed by atoms with van der Waals surface area (Å²) in [6, 6.07) is 0. The minimum Gasteiger partial charge on any atom is -0.481 e. The highest BCUT2D eigenvalue weighted by molar-refractivity contribution is 5.89. The normalized spacial score (nSPS) is 36.5. The van der Waals surface area contributed by atoms with Crippen LogP contribution >= 0.6 is 0 Å². The Balaban J connectivity index is 2.55. The highest BCUT2D eigenvalue weighted by Gasteiger charge is 2.65. The van der Waals surface area contributed by atoms with Gasteiger partial charge in [-0.1, -0.05) is 0 Å². The van der Waals surface area contributed by atoms with E-state index in [9.17, 15) is 44.4 Å². The van der Waals surface area contributed by atoms with E-state index in [1.807, 2.05) is 0 Å². The lowest BCUT2D eigenvalue weighted by molar-refractivity contribution is -0.191. The van der Waals surface area contributed by atoms with Crippen LogP contribution in [0.4, 0.5) is 0 Å². The van der Waals surface area contributed by atoms with Crippen molar-refractivity contribution in [3.05, 3.63) is 0 Å². The SMILES string of the molecule is O=C(O)C1CCC(C(=O)O)(C2(C(=O)O)CC(C(=O)O)CC(C(=O)O)C2)CC1. The molecule has 2 fully saturated rings. The molecule has 2 saturated carbocycles. The van der Waals surface area contributed by atoms with Crippen molar-refractivity contribution in [3.63, 3.8) is 0 Å². The molecule has 5 N–H and O–H groups in total. The van der Waals surface area contributed by atoms with Gasteiger partial charge in [-0.05, 0) is 44.9 Å². The summed E-state index contributed by atoms with van der Waals surface area (Å²) in [6.45, 7) is 0. The van der Waals surface area contributed by atoms with Crippen LogP contribution in [0.1, 0.15) is 44.9 Å². The van der Waals surface area contributed by atoms with Crippen LogP contribution < -0.4 is 0 Å². The molecule has 0 bridgehead atoms. The average molecular weight is 386 g/mol. The van der Waals surface area contributed by atoms with Gasteiger partial charge in [0, 0.05) is 0 Å². The molecule has 0 spiro atoms. The monoisotopic (exact) mass is 386 g/mol. The van der Waals surface area contributed by atoms with Crippen LogP contribution in [0.15, 0.2) is 0 Å². The highest BCUT2D eigenvalue weighted by Crippen LogP contribution is 2.60.